The van der Waals surface area contributed by atoms with E-state index < -0.39 is 11.9 Å². The Labute approximate surface area is 101 Å². The van der Waals surface area contributed by atoms with Gasteiger partial charge in [0, 0.05) is 6.20 Å². The minimum atomic E-state index is -0.626. The number of ether oxygens (including phenoxy) is 1. The molecular formula is C10H8FN3O2S. The zero-order chi connectivity index (χ0) is 12.4. The van der Waals surface area contributed by atoms with E-state index in [1.54, 1.807) is 6.07 Å². The number of H-pyrrole nitrogens is 1. The molecule has 5 nitrogen and oxygen atoms in total. The van der Waals surface area contributed by atoms with Crippen LogP contribution < -0.4 is 0 Å². The van der Waals surface area contributed by atoms with Crippen molar-refractivity contribution in [1.29, 1.82) is 0 Å². The largest absolute Gasteiger partial charge is 0.465 e. The molecule has 0 aliphatic heterocycles. The summed E-state index contributed by atoms with van der Waals surface area (Å²) in [5.74, 6) is -0.912. The van der Waals surface area contributed by atoms with E-state index in [0.29, 0.717) is 0 Å². The van der Waals surface area contributed by atoms with Gasteiger partial charge in [-0.3, -0.25) is 5.10 Å². The second kappa shape index (κ2) is 4.46. The molecule has 0 unspecified atom stereocenters. The first kappa shape index (κ1) is 11.5. The number of aromatic amines is 1. The fourth-order valence-electron chi connectivity index (χ4n) is 1.32. The Balaban J connectivity index is 2.52. The van der Waals surface area contributed by atoms with Gasteiger partial charge in [0.15, 0.2) is 5.82 Å². The number of hydrogen-bond donors (Lipinski definition) is 1. The number of nitrogens with one attached hydrogen (secondary N) is 1. The topological polar surface area (TPSA) is 59.9 Å². The number of pyridine rings is 1. The predicted molar refractivity (Wildman–Crippen MR) is 60.0 cm³/mol. The van der Waals surface area contributed by atoms with Crippen LogP contribution in [0.1, 0.15) is 10.4 Å². The highest BCUT2D eigenvalue weighted by molar-refractivity contribution is 7.71. The molecule has 0 aliphatic rings. The molecule has 2 aromatic heterocycles. The van der Waals surface area contributed by atoms with Gasteiger partial charge in [-0.1, -0.05) is 18.3 Å². The summed E-state index contributed by atoms with van der Waals surface area (Å²) in [5.41, 5.74) is 0.202. The molecule has 1 N–H and O–H groups in total. The minimum Gasteiger partial charge on any atom is -0.465 e. The van der Waals surface area contributed by atoms with Crippen LogP contribution in [0.15, 0.2) is 24.4 Å². The molecular weight excluding hydrogens is 245 g/mol. The molecule has 0 aromatic carbocycles. The summed E-state index contributed by atoms with van der Waals surface area (Å²) in [4.78, 5) is 15.0. The third-order valence-corrected chi connectivity index (χ3v) is 2.51. The molecule has 0 saturated carbocycles. The van der Waals surface area contributed by atoms with E-state index >= 15 is 0 Å². The summed E-state index contributed by atoms with van der Waals surface area (Å²) in [6.45, 7) is 0. The van der Waals surface area contributed by atoms with E-state index in [-0.39, 0.29) is 16.0 Å². The summed E-state index contributed by atoms with van der Waals surface area (Å²) >= 11 is 5.06. The van der Waals surface area contributed by atoms with Gasteiger partial charge < -0.3 is 4.74 Å². The van der Waals surface area contributed by atoms with E-state index in [4.69, 9.17) is 12.2 Å². The Morgan fingerprint density at radius 3 is 3.00 bits per heavy atom. The Morgan fingerprint density at radius 1 is 1.59 bits per heavy atom. The second-order valence-electron chi connectivity index (χ2n) is 3.14. The van der Waals surface area contributed by atoms with Gasteiger partial charge in [0.05, 0.1) is 7.11 Å². The number of rotatable bonds is 2. The second-order valence-corrected chi connectivity index (χ2v) is 3.52. The lowest BCUT2D eigenvalue weighted by Crippen LogP contribution is -2.03. The average molecular weight is 253 g/mol. The van der Waals surface area contributed by atoms with Crippen molar-refractivity contribution in [2.75, 3.05) is 7.11 Å². The van der Waals surface area contributed by atoms with Crippen molar-refractivity contribution < 1.29 is 13.9 Å². The number of carbonyl (C=O) groups is 1. The van der Waals surface area contributed by atoms with Gasteiger partial charge in [-0.2, -0.15) is 4.39 Å². The number of esters is 1. The molecule has 0 spiro atoms. The zero-order valence-electron chi connectivity index (χ0n) is 8.81. The first-order chi connectivity index (χ1) is 8.13. The van der Waals surface area contributed by atoms with Crippen LogP contribution in [0.2, 0.25) is 0 Å². The van der Waals surface area contributed by atoms with Crippen LogP contribution in [0.4, 0.5) is 4.39 Å². The highest BCUT2D eigenvalue weighted by Crippen LogP contribution is 2.10. The van der Waals surface area contributed by atoms with Crippen LogP contribution in [0, 0.1) is 10.6 Å². The Hall–Kier alpha value is -2.02. The van der Waals surface area contributed by atoms with Crippen LogP contribution in [0.25, 0.3) is 5.82 Å². The van der Waals surface area contributed by atoms with E-state index in [0.717, 1.165) is 0 Å². The van der Waals surface area contributed by atoms with Crippen molar-refractivity contribution in [3.05, 3.63) is 40.5 Å². The van der Waals surface area contributed by atoms with Gasteiger partial charge in [0.2, 0.25) is 5.95 Å². The summed E-state index contributed by atoms with van der Waals surface area (Å²) < 4.78 is 19.0. The van der Waals surface area contributed by atoms with Crippen molar-refractivity contribution in [2.24, 2.45) is 0 Å². The molecule has 0 bridgehead atoms. The van der Waals surface area contributed by atoms with Crippen LogP contribution in [0.3, 0.4) is 0 Å². The quantitative estimate of drug-likeness (QED) is 0.504. The lowest BCUT2D eigenvalue weighted by atomic mass is 10.4. The van der Waals surface area contributed by atoms with Gasteiger partial charge in [0.1, 0.15) is 10.2 Å². The fraction of sp³-hybridized carbons (Fsp3) is 0.100. The van der Waals surface area contributed by atoms with Gasteiger partial charge in [-0.25, -0.2) is 14.5 Å². The Bertz CT molecular complexity index is 620. The van der Waals surface area contributed by atoms with E-state index in [1.807, 2.05) is 0 Å². The molecule has 0 fully saturated rings. The molecule has 0 aliphatic carbocycles. The lowest BCUT2D eigenvalue weighted by molar-refractivity contribution is 0.0600. The zero-order valence-corrected chi connectivity index (χ0v) is 9.62. The molecule has 88 valence electrons. The standard InChI is InChI=1S/C10H8FN3O2S/c1-16-10(15)6-5-12-14(9(6)17)8-4-2-3-7(11)13-8/h2-5,12H,1H3. The van der Waals surface area contributed by atoms with E-state index in [1.165, 1.54) is 30.1 Å². The molecule has 2 aromatic rings. The van der Waals surface area contributed by atoms with Crippen LogP contribution in [0.5, 0.6) is 0 Å². The highest BCUT2D eigenvalue weighted by Gasteiger charge is 2.13. The van der Waals surface area contributed by atoms with Crippen molar-refractivity contribution >= 4 is 18.2 Å². The minimum absolute atomic E-state index is 0.190. The van der Waals surface area contributed by atoms with E-state index in [2.05, 4.69) is 14.8 Å². The van der Waals surface area contributed by atoms with Crippen molar-refractivity contribution in [2.45, 2.75) is 0 Å². The van der Waals surface area contributed by atoms with Crippen LogP contribution in [-0.2, 0) is 4.74 Å². The van der Waals surface area contributed by atoms with Gasteiger partial charge in [-0.05, 0) is 12.1 Å². The number of hydrogen-bond acceptors (Lipinski definition) is 4. The maximum atomic E-state index is 13.0. The number of nitrogens with zero attached hydrogens (tertiary/aromatic N) is 2. The molecule has 17 heavy (non-hydrogen) atoms. The maximum absolute atomic E-state index is 13.0. The van der Waals surface area contributed by atoms with Crippen LogP contribution in [-0.4, -0.2) is 27.8 Å². The number of aromatic nitrogens is 3. The molecule has 0 amide bonds. The van der Waals surface area contributed by atoms with Gasteiger partial charge >= 0.3 is 5.97 Å². The number of methoxy groups -OCH3 is 1. The van der Waals surface area contributed by atoms with Crippen LogP contribution >= 0.6 is 12.2 Å². The molecule has 0 atom stereocenters. The summed E-state index contributed by atoms with van der Waals surface area (Å²) in [5, 5.41) is 2.72. The summed E-state index contributed by atoms with van der Waals surface area (Å²) in [7, 11) is 1.26. The summed E-state index contributed by atoms with van der Waals surface area (Å²) in [6, 6.07) is 4.28. The van der Waals surface area contributed by atoms with Crippen molar-refractivity contribution in [3.63, 3.8) is 0 Å². The molecule has 2 rings (SSSR count). The first-order valence-electron chi connectivity index (χ1n) is 4.65. The normalized spacial score (nSPS) is 10.2. The average Bonchev–Trinajstić information content (AvgIpc) is 2.70. The SMILES string of the molecule is COC(=O)c1c[nH]n(-c2cccc(F)n2)c1=S. The highest BCUT2D eigenvalue weighted by atomic mass is 32.1. The predicted octanol–water partition coefficient (Wildman–Crippen LogP) is 1.86. The Morgan fingerprint density at radius 2 is 2.35 bits per heavy atom. The maximum Gasteiger partial charge on any atom is 0.342 e. The van der Waals surface area contributed by atoms with E-state index in [9.17, 15) is 9.18 Å². The monoisotopic (exact) mass is 253 g/mol. The summed E-state index contributed by atoms with van der Waals surface area (Å²) in [6.07, 6.45) is 1.39. The molecule has 2 heterocycles. The van der Waals surface area contributed by atoms with Crippen molar-refractivity contribution in [1.82, 2.24) is 14.8 Å². The lowest BCUT2D eigenvalue weighted by Gasteiger charge is -2.00. The molecule has 7 heteroatoms. The third kappa shape index (κ3) is 2.09. The Kier molecular flexibility index (Phi) is 3.01. The fourth-order valence-corrected chi connectivity index (χ4v) is 1.61. The third-order valence-electron chi connectivity index (χ3n) is 2.11. The number of carbonyl (C=O) groups excluding carboxylic acids is 1. The van der Waals surface area contributed by atoms with Gasteiger partial charge in [0.25, 0.3) is 0 Å². The molecule has 0 radical (unpaired) electrons. The van der Waals surface area contributed by atoms with Crippen molar-refractivity contribution in [3.8, 4) is 5.82 Å². The molecule has 0 saturated heterocycles. The number of halogens is 1. The van der Waals surface area contributed by atoms with Gasteiger partial charge in [-0.15, -0.1) is 0 Å². The first-order valence-corrected chi connectivity index (χ1v) is 5.06. The smallest absolute Gasteiger partial charge is 0.342 e.